The maximum Gasteiger partial charge on any atom is 0.255 e. The van der Waals surface area contributed by atoms with Crippen LogP contribution in [0.5, 0.6) is 0 Å². The molecule has 6 heteroatoms. The molecule has 0 saturated carbocycles. The van der Waals surface area contributed by atoms with Gasteiger partial charge in [-0.1, -0.05) is 0 Å². The summed E-state index contributed by atoms with van der Waals surface area (Å²) >= 11 is 0. The lowest BCUT2D eigenvalue weighted by atomic mass is 10.1. The van der Waals surface area contributed by atoms with Crippen molar-refractivity contribution in [2.24, 2.45) is 0 Å². The Morgan fingerprint density at radius 2 is 1.69 bits per heavy atom. The number of aliphatic hydroxyl groups is 1. The van der Waals surface area contributed by atoms with Crippen LogP contribution in [0.4, 0.5) is 18.9 Å². The van der Waals surface area contributed by atoms with E-state index in [1.54, 1.807) is 0 Å². The molecule has 0 aromatic heterocycles. The van der Waals surface area contributed by atoms with Gasteiger partial charge in [-0.05, 0) is 13.8 Å². The van der Waals surface area contributed by atoms with Crippen LogP contribution in [0.3, 0.4) is 0 Å². The van der Waals surface area contributed by atoms with Crippen molar-refractivity contribution in [2.75, 3.05) is 5.32 Å². The molecular formula is C10H10F3NO2. The molecule has 0 unspecified atom stereocenters. The van der Waals surface area contributed by atoms with E-state index in [1.807, 2.05) is 5.32 Å². The third kappa shape index (κ3) is 2.73. The molecule has 1 aromatic rings. The Labute approximate surface area is 89.9 Å². The normalized spacial score (nSPS) is 11.4. The molecule has 16 heavy (non-hydrogen) atoms. The number of hydrogen-bond acceptors (Lipinski definition) is 2. The van der Waals surface area contributed by atoms with Crippen LogP contribution in [0.1, 0.15) is 13.8 Å². The second-order valence-corrected chi connectivity index (χ2v) is 3.76. The van der Waals surface area contributed by atoms with Gasteiger partial charge >= 0.3 is 0 Å². The Hall–Kier alpha value is -1.56. The van der Waals surface area contributed by atoms with E-state index in [9.17, 15) is 23.1 Å². The Balaban J connectivity index is 2.99. The molecule has 0 spiro atoms. The number of nitrogens with one attached hydrogen (secondary N) is 1. The lowest BCUT2D eigenvalue weighted by molar-refractivity contribution is -0.130. The average molecular weight is 233 g/mol. The number of carbonyl (C=O) groups is 1. The number of halogens is 3. The van der Waals surface area contributed by atoms with E-state index in [0.717, 1.165) is 0 Å². The zero-order valence-electron chi connectivity index (χ0n) is 8.64. The number of carbonyl (C=O) groups excluding carboxylic acids is 1. The molecule has 0 bridgehead atoms. The van der Waals surface area contributed by atoms with Gasteiger partial charge < -0.3 is 10.4 Å². The summed E-state index contributed by atoms with van der Waals surface area (Å²) in [5.41, 5.74) is -2.26. The van der Waals surface area contributed by atoms with Gasteiger partial charge in [-0.2, -0.15) is 0 Å². The highest BCUT2D eigenvalue weighted by Gasteiger charge is 2.25. The molecule has 0 saturated heterocycles. The van der Waals surface area contributed by atoms with Crippen LogP contribution in [-0.2, 0) is 4.79 Å². The zero-order chi connectivity index (χ0) is 12.5. The van der Waals surface area contributed by atoms with Gasteiger partial charge in [0.1, 0.15) is 11.4 Å². The van der Waals surface area contributed by atoms with Crippen molar-refractivity contribution in [3.8, 4) is 0 Å². The third-order valence-corrected chi connectivity index (χ3v) is 1.81. The summed E-state index contributed by atoms with van der Waals surface area (Å²) < 4.78 is 38.4. The van der Waals surface area contributed by atoms with Crippen molar-refractivity contribution in [1.29, 1.82) is 0 Å². The summed E-state index contributed by atoms with van der Waals surface area (Å²) in [6.45, 7) is 2.36. The number of amides is 1. The van der Waals surface area contributed by atoms with Crippen molar-refractivity contribution in [3.05, 3.63) is 29.6 Å². The standard InChI is InChI=1S/C10H10F3NO2/c1-10(2,16)9(15)14-8-4-6(12)5(11)3-7(8)13/h3-4,16H,1-2H3,(H,14,15). The number of anilines is 1. The Kier molecular flexibility index (Phi) is 3.23. The lowest BCUT2D eigenvalue weighted by Gasteiger charge is -2.16. The molecule has 1 amide bonds. The predicted molar refractivity (Wildman–Crippen MR) is 51.2 cm³/mol. The first kappa shape index (κ1) is 12.5. The molecule has 88 valence electrons. The highest BCUT2D eigenvalue weighted by atomic mass is 19.2. The van der Waals surface area contributed by atoms with Crippen LogP contribution in [0.2, 0.25) is 0 Å². The van der Waals surface area contributed by atoms with Crippen molar-refractivity contribution in [3.63, 3.8) is 0 Å². The molecule has 0 radical (unpaired) electrons. The molecule has 2 N–H and O–H groups in total. The summed E-state index contributed by atoms with van der Waals surface area (Å²) in [6.07, 6.45) is 0. The van der Waals surface area contributed by atoms with Gasteiger partial charge in [0.15, 0.2) is 11.6 Å². The van der Waals surface area contributed by atoms with Crippen molar-refractivity contribution < 1.29 is 23.1 Å². The second kappa shape index (κ2) is 4.13. The first-order chi connectivity index (χ1) is 7.21. The van der Waals surface area contributed by atoms with Gasteiger partial charge in [-0.3, -0.25) is 4.79 Å². The largest absolute Gasteiger partial charge is 0.381 e. The SMILES string of the molecule is CC(C)(O)C(=O)Nc1cc(F)c(F)cc1F. The topological polar surface area (TPSA) is 49.3 Å². The number of rotatable bonds is 2. The fraction of sp³-hybridized carbons (Fsp3) is 0.300. The van der Waals surface area contributed by atoms with Crippen molar-refractivity contribution in [2.45, 2.75) is 19.4 Å². The minimum Gasteiger partial charge on any atom is -0.381 e. The molecule has 1 rings (SSSR count). The van der Waals surface area contributed by atoms with E-state index in [0.29, 0.717) is 12.1 Å². The third-order valence-electron chi connectivity index (χ3n) is 1.81. The quantitative estimate of drug-likeness (QED) is 0.765. The summed E-state index contributed by atoms with van der Waals surface area (Å²) in [5, 5.41) is 11.2. The van der Waals surface area contributed by atoms with Crippen LogP contribution in [-0.4, -0.2) is 16.6 Å². The first-order valence-electron chi connectivity index (χ1n) is 4.40. The Bertz CT molecular complexity index is 427. The van der Waals surface area contributed by atoms with Gasteiger partial charge in [-0.25, -0.2) is 13.2 Å². The van der Waals surface area contributed by atoms with E-state index in [2.05, 4.69) is 0 Å². The highest BCUT2D eigenvalue weighted by Crippen LogP contribution is 2.19. The van der Waals surface area contributed by atoms with Crippen LogP contribution in [0, 0.1) is 17.5 Å². The van der Waals surface area contributed by atoms with Gasteiger partial charge in [-0.15, -0.1) is 0 Å². The van der Waals surface area contributed by atoms with E-state index >= 15 is 0 Å². The smallest absolute Gasteiger partial charge is 0.255 e. The first-order valence-corrected chi connectivity index (χ1v) is 4.40. The van der Waals surface area contributed by atoms with E-state index < -0.39 is 34.6 Å². The van der Waals surface area contributed by atoms with Gasteiger partial charge in [0.25, 0.3) is 5.91 Å². The van der Waals surface area contributed by atoms with Crippen molar-refractivity contribution in [1.82, 2.24) is 0 Å². The fourth-order valence-electron chi connectivity index (χ4n) is 0.894. The average Bonchev–Trinajstić information content (AvgIpc) is 2.12. The van der Waals surface area contributed by atoms with Gasteiger partial charge in [0, 0.05) is 12.1 Å². The Morgan fingerprint density at radius 1 is 1.19 bits per heavy atom. The monoisotopic (exact) mass is 233 g/mol. The molecule has 0 fully saturated rings. The molecule has 0 aliphatic carbocycles. The summed E-state index contributed by atoms with van der Waals surface area (Å²) in [7, 11) is 0. The molecule has 0 heterocycles. The van der Waals surface area contributed by atoms with Crippen LogP contribution < -0.4 is 5.32 Å². The van der Waals surface area contributed by atoms with Gasteiger partial charge in [0.05, 0.1) is 5.69 Å². The van der Waals surface area contributed by atoms with E-state index in [4.69, 9.17) is 0 Å². The maximum atomic E-state index is 13.1. The molecule has 3 nitrogen and oxygen atoms in total. The minimum atomic E-state index is -1.74. The van der Waals surface area contributed by atoms with E-state index in [-0.39, 0.29) is 0 Å². The fourth-order valence-corrected chi connectivity index (χ4v) is 0.894. The molecular weight excluding hydrogens is 223 g/mol. The number of benzene rings is 1. The van der Waals surface area contributed by atoms with Crippen LogP contribution >= 0.6 is 0 Å². The molecule has 0 aliphatic rings. The summed E-state index contributed by atoms with van der Waals surface area (Å²) in [6, 6.07) is 0.823. The predicted octanol–water partition coefficient (Wildman–Crippen LogP) is 1.81. The summed E-state index contributed by atoms with van der Waals surface area (Å²) in [4.78, 5) is 11.2. The highest BCUT2D eigenvalue weighted by molar-refractivity contribution is 5.96. The molecule has 0 atom stereocenters. The minimum absolute atomic E-state index is 0.315. The number of hydrogen-bond donors (Lipinski definition) is 2. The maximum absolute atomic E-state index is 13.1. The zero-order valence-corrected chi connectivity index (χ0v) is 8.64. The lowest BCUT2D eigenvalue weighted by Crippen LogP contribution is -2.37. The molecule has 0 aliphatic heterocycles. The van der Waals surface area contributed by atoms with Crippen LogP contribution in [0.15, 0.2) is 12.1 Å². The summed E-state index contributed by atoms with van der Waals surface area (Å²) in [5.74, 6) is -4.67. The second-order valence-electron chi connectivity index (χ2n) is 3.76. The molecule has 1 aromatic carbocycles. The Morgan fingerprint density at radius 3 is 2.19 bits per heavy atom. The van der Waals surface area contributed by atoms with Crippen LogP contribution in [0.25, 0.3) is 0 Å². The van der Waals surface area contributed by atoms with Crippen molar-refractivity contribution >= 4 is 11.6 Å². The van der Waals surface area contributed by atoms with Gasteiger partial charge in [0.2, 0.25) is 0 Å². The van der Waals surface area contributed by atoms with E-state index in [1.165, 1.54) is 13.8 Å².